The maximum absolute atomic E-state index is 13.2. The van der Waals surface area contributed by atoms with Gasteiger partial charge in [0.05, 0.1) is 5.92 Å². The van der Waals surface area contributed by atoms with Crippen LogP contribution in [-0.2, 0) is 16.0 Å². The van der Waals surface area contributed by atoms with Crippen LogP contribution in [0.25, 0.3) is 0 Å². The second kappa shape index (κ2) is 9.94. The van der Waals surface area contributed by atoms with Crippen molar-refractivity contribution >= 4 is 17.7 Å². The summed E-state index contributed by atoms with van der Waals surface area (Å²) in [6, 6.07) is 14.6. The summed E-state index contributed by atoms with van der Waals surface area (Å²) >= 11 is 0. The van der Waals surface area contributed by atoms with Crippen molar-refractivity contribution in [3.63, 3.8) is 0 Å². The SMILES string of the molecule is O=C(NC(Cc1ccccc1)C(=O)NC1CC1)C1CCCN(C(=O)c2ccc(F)cc2)C1. The predicted octanol–water partition coefficient (Wildman–Crippen LogP) is 2.68. The van der Waals surface area contributed by atoms with Crippen molar-refractivity contribution in [2.45, 2.75) is 44.2 Å². The zero-order valence-electron chi connectivity index (χ0n) is 17.9. The molecule has 1 aliphatic heterocycles. The average Bonchev–Trinajstić information content (AvgIpc) is 3.63. The molecule has 2 aliphatic rings. The molecular formula is C25H28FN3O3. The van der Waals surface area contributed by atoms with Crippen molar-refractivity contribution < 1.29 is 18.8 Å². The Kier molecular flexibility index (Phi) is 6.83. The monoisotopic (exact) mass is 437 g/mol. The van der Waals surface area contributed by atoms with Gasteiger partial charge in [-0.1, -0.05) is 30.3 Å². The molecule has 1 saturated heterocycles. The van der Waals surface area contributed by atoms with E-state index in [1.807, 2.05) is 30.3 Å². The van der Waals surface area contributed by atoms with E-state index in [4.69, 9.17) is 0 Å². The summed E-state index contributed by atoms with van der Waals surface area (Å²) in [5.41, 5.74) is 1.37. The van der Waals surface area contributed by atoms with Crippen LogP contribution in [0.15, 0.2) is 54.6 Å². The van der Waals surface area contributed by atoms with Crippen LogP contribution in [0.5, 0.6) is 0 Å². The summed E-state index contributed by atoms with van der Waals surface area (Å²) in [6.07, 6.45) is 3.71. The molecule has 0 spiro atoms. The van der Waals surface area contributed by atoms with Gasteiger partial charge in [-0.25, -0.2) is 4.39 Å². The van der Waals surface area contributed by atoms with Gasteiger partial charge in [-0.05, 0) is 55.5 Å². The second-order valence-electron chi connectivity index (χ2n) is 8.63. The lowest BCUT2D eigenvalue weighted by atomic mass is 9.95. The minimum atomic E-state index is -0.659. The summed E-state index contributed by atoms with van der Waals surface area (Å²) < 4.78 is 13.2. The molecule has 32 heavy (non-hydrogen) atoms. The zero-order chi connectivity index (χ0) is 22.5. The number of hydrogen-bond donors (Lipinski definition) is 2. The molecule has 3 amide bonds. The van der Waals surface area contributed by atoms with Crippen LogP contribution >= 0.6 is 0 Å². The summed E-state index contributed by atoms with van der Waals surface area (Å²) in [7, 11) is 0. The number of piperidine rings is 1. The summed E-state index contributed by atoms with van der Waals surface area (Å²) in [5.74, 6) is -1.38. The Bertz CT molecular complexity index is 960. The molecule has 2 fully saturated rings. The highest BCUT2D eigenvalue weighted by Gasteiger charge is 2.33. The van der Waals surface area contributed by atoms with Crippen molar-refractivity contribution in [1.82, 2.24) is 15.5 Å². The van der Waals surface area contributed by atoms with E-state index in [9.17, 15) is 18.8 Å². The van der Waals surface area contributed by atoms with Crippen molar-refractivity contribution in [3.8, 4) is 0 Å². The van der Waals surface area contributed by atoms with Gasteiger partial charge < -0.3 is 15.5 Å². The van der Waals surface area contributed by atoms with Gasteiger partial charge in [0.15, 0.2) is 0 Å². The van der Waals surface area contributed by atoms with Gasteiger partial charge in [-0.3, -0.25) is 14.4 Å². The number of likely N-dealkylation sites (tertiary alicyclic amines) is 1. The fourth-order valence-electron chi connectivity index (χ4n) is 4.03. The van der Waals surface area contributed by atoms with E-state index in [0.717, 1.165) is 18.4 Å². The normalized spacial score (nSPS) is 19.2. The zero-order valence-corrected chi connectivity index (χ0v) is 17.9. The molecule has 168 valence electrons. The first kappa shape index (κ1) is 22.0. The van der Waals surface area contributed by atoms with Gasteiger partial charge in [0.1, 0.15) is 11.9 Å². The van der Waals surface area contributed by atoms with Crippen molar-refractivity contribution in [2.24, 2.45) is 5.92 Å². The Balaban J connectivity index is 1.40. The van der Waals surface area contributed by atoms with Crippen LogP contribution in [0.3, 0.4) is 0 Å². The number of benzene rings is 2. The molecule has 1 heterocycles. The van der Waals surface area contributed by atoms with Crippen LogP contribution in [0.1, 0.15) is 41.6 Å². The van der Waals surface area contributed by atoms with E-state index < -0.39 is 11.9 Å². The molecule has 2 aromatic rings. The molecular weight excluding hydrogens is 409 g/mol. The first-order valence-corrected chi connectivity index (χ1v) is 11.2. The molecule has 1 saturated carbocycles. The van der Waals surface area contributed by atoms with Crippen LogP contribution < -0.4 is 10.6 Å². The van der Waals surface area contributed by atoms with E-state index in [1.165, 1.54) is 24.3 Å². The standard InChI is InChI=1S/C25H28FN3O3/c26-20-10-8-18(9-11-20)25(32)29-14-4-7-19(16-29)23(30)28-22(24(31)27-21-12-13-21)15-17-5-2-1-3-6-17/h1-3,5-6,8-11,19,21-22H,4,7,12-16H2,(H,27,31)(H,28,30). The lowest BCUT2D eigenvalue weighted by Gasteiger charge is -2.33. The maximum Gasteiger partial charge on any atom is 0.253 e. The van der Waals surface area contributed by atoms with Crippen molar-refractivity contribution in [2.75, 3.05) is 13.1 Å². The van der Waals surface area contributed by atoms with Crippen molar-refractivity contribution in [3.05, 3.63) is 71.5 Å². The fourth-order valence-corrected chi connectivity index (χ4v) is 4.03. The maximum atomic E-state index is 13.2. The number of rotatable bonds is 7. The Hall–Kier alpha value is -3.22. The Morgan fingerprint density at radius 1 is 1.00 bits per heavy atom. The summed E-state index contributed by atoms with van der Waals surface area (Å²) in [6.45, 7) is 0.833. The van der Waals surface area contributed by atoms with Crippen molar-refractivity contribution in [1.29, 1.82) is 0 Å². The number of carbonyl (C=O) groups excluding carboxylic acids is 3. The van der Waals surface area contributed by atoms with E-state index >= 15 is 0 Å². The molecule has 1 aliphatic carbocycles. The number of nitrogens with one attached hydrogen (secondary N) is 2. The van der Waals surface area contributed by atoms with E-state index in [0.29, 0.717) is 31.4 Å². The van der Waals surface area contributed by atoms with Gasteiger partial charge in [0, 0.05) is 31.1 Å². The molecule has 6 nitrogen and oxygen atoms in total. The minimum Gasteiger partial charge on any atom is -0.352 e. The number of carbonyl (C=O) groups is 3. The first-order valence-electron chi connectivity index (χ1n) is 11.2. The predicted molar refractivity (Wildman–Crippen MR) is 118 cm³/mol. The number of amides is 3. The lowest BCUT2D eigenvalue weighted by Crippen LogP contribution is -2.52. The number of hydrogen-bond acceptors (Lipinski definition) is 3. The van der Waals surface area contributed by atoms with Gasteiger partial charge in [-0.2, -0.15) is 0 Å². The van der Waals surface area contributed by atoms with Gasteiger partial charge in [-0.15, -0.1) is 0 Å². The third-order valence-electron chi connectivity index (χ3n) is 6.01. The van der Waals surface area contributed by atoms with Crippen LogP contribution in [0.2, 0.25) is 0 Å². The Morgan fingerprint density at radius 2 is 1.72 bits per heavy atom. The van der Waals surface area contributed by atoms with Crippen LogP contribution in [0, 0.1) is 11.7 Å². The average molecular weight is 438 g/mol. The lowest BCUT2D eigenvalue weighted by molar-refractivity contribution is -0.132. The van der Waals surface area contributed by atoms with Gasteiger partial charge in [0.25, 0.3) is 5.91 Å². The van der Waals surface area contributed by atoms with Crippen LogP contribution in [0.4, 0.5) is 4.39 Å². The third-order valence-corrected chi connectivity index (χ3v) is 6.01. The van der Waals surface area contributed by atoms with E-state index in [-0.39, 0.29) is 36.2 Å². The molecule has 2 N–H and O–H groups in total. The molecule has 2 unspecified atom stereocenters. The van der Waals surface area contributed by atoms with E-state index in [1.54, 1.807) is 4.90 Å². The molecule has 0 bridgehead atoms. The van der Waals surface area contributed by atoms with E-state index in [2.05, 4.69) is 10.6 Å². The highest BCUT2D eigenvalue weighted by molar-refractivity contribution is 5.95. The van der Waals surface area contributed by atoms with Gasteiger partial charge in [0.2, 0.25) is 11.8 Å². The van der Waals surface area contributed by atoms with Gasteiger partial charge >= 0.3 is 0 Å². The number of nitrogens with zero attached hydrogens (tertiary/aromatic N) is 1. The number of halogens is 1. The van der Waals surface area contributed by atoms with Crippen LogP contribution in [-0.4, -0.2) is 47.8 Å². The molecule has 0 radical (unpaired) electrons. The molecule has 2 aromatic carbocycles. The quantitative estimate of drug-likeness (QED) is 0.699. The Labute approximate surface area is 187 Å². The topological polar surface area (TPSA) is 78.5 Å². The summed E-state index contributed by atoms with van der Waals surface area (Å²) in [4.78, 5) is 40.3. The first-order chi connectivity index (χ1) is 15.5. The largest absolute Gasteiger partial charge is 0.352 e. The second-order valence-corrected chi connectivity index (χ2v) is 8.63. The minimum absolute atomic E-state index is 0.167. The fraction of sp³-hybridized carbons (Fsp3) is 0.400. The highest BCUT2D eigenvalue weighted by atomic mass is 19.1. The molecule has 4 rings (SSSR count). The third kappa shape index (κ3) is 5.72. The molecule has 2 atom stereocenters. The highest BCUT2D eigenvalue weighted by Crippen LogP contribution is 2.21. The molecule has 7 heteroatoms. The summed E-state index contributed by atoms with van der Waals surface area (Å²) in [5, 5.41) is 5.92. The smallest absolute Gasteiger partial charge is 0.253 e. The Morgan fingerprint density at radius 3 is 2.41 bits per heavy atom. The molecule has 0 aromatic heterocycles.